The molecule has 1 saturated carbocycles. The molecule has 2 aliphatic carbocycles. The Bertz CT molecular complexity index is 1860. The summed E-state index contributed by atoms with van der Waals surface area (Å²) in [5.41, 5.74) is 4.56. The zero-order chi connectivity index (χ0) is 35.6. The molecule has 2 aliphatic heterocycles. The van der Waals surface area contributed by atoms with E-state index in [1.165, 1.54) is 16.7 Å². The molecule has 1 aromatic heterocycles. The van der Waals surface area contributed by atoms with Crippen molar-refractivity contribution < 1.29 is 22.7 Å². The normalized spacial score (nSPS) is 29.3. The summed E-state index contributed by atoms with van der Waals surface area (Å²) >= 11 is 6.46. The number of ether oxygens (including phenoxy) is 2. The van der Waals surface area contributed by atoms with Crippen LogP contribution in [0, 0.1) is 11.8 Å². The number of anilines is 1. The van der Waals surface area contributed by atoms with Gasteiger partial charge in [0.25, 0.3) is 5.91 Å². The van der Waals surface area contributed by atoms with Crippen LogP contribution in [0.4, 0.5) is 5.69 Å². The molecule has 51 heavy (non-hydrogen) atoms. The van der Waals surface area contributed by atoms with Crippen molar-refractivity contribution in [3.8, 4) is 5.75 Å². The van der Waals surface area contributed by atoms with Crippen LogP contribution in [0.2, 0.25) is 5.02 Å². The van der Waals surface area contributed by atoms with Gasteiger partial charge < -0.3 is 14.4 Å². The van der Waals surface area contributed by atoms with E-state index in [0.717, 1.165) is 62.4 Å². The Hall–Kier alpha value is -3.44. The summed E-state index contributed by atoms with van der Waals surface area (Å²) in [6.45, 7) is 8.41. The predicted octanol–water partition coefficient (Wildman–Crippen LogP) is 6.55. The highest BCUT2D eigenvalue weighted by molar-refractivity contribution is 7.90. The van der Waals surface area contributed by atoms with E-state index in [-0.39, 0.29) is 17.4 Å². The lowest BCUT2D eigenvalue weighted by Gasteiger charge is -2.44. The Morgan fingerprint density at radius 1 is 1.06 bits per heavy atom. The van der Waals surface area contributed by atoms with Crippen molar-refractivity contribution in [2.45, 2.75) is 75.7 Å². The number of rotatable bonds is 2. The van der Waals surface area contributed by atoms with Gasteiger partial charge in [-0.3, -0.25) is 14.7 Å². The number of carbonyl (C=O) groups is 1. The number of nitrogens with zero attached hydrogens (tertiary/aromatic N) is 3. The van der Waals surface area contributed by atoms with Crippen LogP contribution in [0.15, 0.2) is 73.1 Å². The van der Waals surface area contributed by atoms with Gasteiger partial charge in [-0.05, 0) is 111 Å². The van der Waals surface area contributed by atoms with E-state index in [1.807, 2.05) is 55.7 Å². The van der Waals surface area contributed by atoms with Crippen molar-refractivity contribution in [3.05, 3.63) is 100 Å². The second-order valence-electron chi connectivity index (χ2n) is 15.0. The van der Waals surface area contributed by atoms with Gasteiger partial charge in [-0.1, -0.05) is 36.7 Å². The van der Waals surface area contributed by atoms with E-state index in [0.29, 0.717) is 50.0 Å². The van der Waals surface area contributed by atoms with Crippen molar-refractivity contribution in [1.82, 2.24) is 14.6 Å². The molecule has 3 aromatic rings. The topological polar surface area (TPSA) is 101 Å². The summed E-state index contributed by atoms with van der Waals surface area (Å²) in [4.78, 5) is 22.5. The number of amides is 1. The third-order valence-corrected chi connectivity index (χ3v) is 13.7. The molecular weight excluding hydrogens is 684 g/mol. The van der Waals surface area contributed by atoms with Gasteiger partial charge in [-0.25, -0.2) is 13.1 Å². The number of fused-ring (bicyclic) bond motifs is 4. The quantitative estimate of drug-likeness (QED) is 0.296. The van der Waals surface area contributed by atoms with Gasteiger partial charge in [0.1, 0.15) is 5.75 Å². The fourth-order valence-corrected chi connectivity index (χ4v) is 9.61. The standard InChI is InChI=1S/C40H49ClN4O5S/c1-28-6-3-4-19-44(24-30-14-17-42-18-15-30)20-21-49-37-12-9-33(37)25-45-26-40(16-5-7-31-22-34(41)10-11-35(31)40)27-50-38-13-8-32(23-36(38)45)39(46)43-51(47,48)29(28)2/h3-4,8,10-11,13-15,17-18,22-23,28-29,33,37H,5-7,9,12,16,19-21,24-27H2,1-2H3,(H,43,46)/b4-3+/t28-,29+,33-,37?,40-/m0/s1. The molecule has 1 fully saturated rings. The Morgan fingerprint density at radius 2 is 1.90 bits per heavy atom. The molecule has 7 rings (SSSR count). The first-order chi connectivity index (χ1) is 24.6. The average molecular weight is 733 g/mol. The van der Waals surface area contributed by atoms with Crippen LogP contribution in [-0.4, -0.2) is 75.0 Å². The van der Waals surface area contributed by atoms with Crippen molar-refractivity contribution >= 4 is 33.2 Å². The molecule has 5 atom stereocenters. The molecule has 272 valence electrons. The van der Waals surface area contributed by atoms with Gasteiger partial charge in [0.2, 0.25) is 10.0 Å². The van der Waals surface area contributed by atoms with E-state index in [2.05, 4.69) is 37.7 Å². The van der Waals surface area contributed by atoms with Crippen LogP contribution >= 0.6 is 11.6 Å². The van der Waals surface area contributed by atoms with Crippen LogP contribution in [0.1, 0.15) is 73.0 Å². The number of pyridine rings is 1. The molecule has 9 nitrogen and oxygen atoms in total. The maximum atomic E-state index is 13.6. The molecule has 0 saturated heterocycles. The van der Waals surface area contributed by atoms with Gasteiger partial charge in [0, 0.05) is 67.0 Å². The fraction of sp³-hybridized carbons (Fsp3) is 0.500. The average Bonchev–Trinajstić information content (AvgIpc) is 3.26. The third-order valence-electron chi connectivity index (χ3n) is 11.6. The number of sulfonamides is 1. The molecule has 11 heteroatoms. The lowest BCUT2D eigenvalue weighted by molar-refractivity contribution is -0.0494. The minimum absolute atomic E-state index is 0.133. The Labute approximate surface area is 307 Å². The first-order valence-electron chi connectivity index (χ1n) is 18.3. The summed E-state index contributed by atoms with van der Waals surface area (Å²) in [5.74, 6) is 0.174. The molecule has 0 radical (unpaired) electrons. The van der Waals surface area contributed by atoms with E-state index in [1.54, 1.807) is 13.0 Å². The number of benzene rings is 2. The molecule has 2 bridgehead atoms. The minimum Gasteiger partial charge on any atom is -0.490 e. The predicted molar refractivity (Wildman–Crippen MR) is 201 cm³/mol. The molecule has 4 aliphatic rings. The summed E-state index contributed by atoms with van der Waals surface area (Å²) in [5, 5.41) is -0.0282. The zero-order valence-electron chi connectivity index (χ0n) is 29.6. The molecule has 1 unspecified atom stereocenters. The lowest BCUT2D eigenvalue weighted by atomic mass is 9.70. The molecule has 1 spiro atoms. The maximum absolute atomic E-state index is 13.6. The summed E-state index contributed by atoms with van der Waals surface area (Å²) < 4.78 is 42.6. The molecule has 1 amide bonds. The number of halogens is 1. The molecular formula is C40H49ClN4O5S. The van der Waals surface area contributed by atoms with Crippen LogP contribution in [-0.2, 0) is 33.1 Å². The first-order valence-corrected chi connectivity index (χ1v) is 20.3. The second-order valence-corrected chi connectivity index (χ2v) is 17.5. The highest BCUT2D eigenvalue weighted by atomic mass is 35.5. The number of hydrogen-bond acceptors (Lipinski definition) is 8. The van der Waals surface area contributed by atoms with Crippen LogP contribution in [0.5, 0.6) is 5.75 Å². The van der Waals surface area contributed by atoms with Crippen LogP contribution in [0.25, 0.3) is 0 Å². The van der Waals surface area contributed by atoms with Crippen molar-refractivity contribution in [3.63, 3.8) is 0 Å². The number of aryl methyl sites for hydroxylation is 1. The Balaban J connectivity index is 1.20. The van der Waals surface area contributed by atoms with Crippen LogP contribution in [0.3, 0.4) is 0 Å². The molecule has 1 N–H and O–H groups in total. The highest BCUT2D eigenvalue weighted by Crippen LogP contribution is 2.46. The number of allylic oxidation sites excluding steroid dienone is 1. The zero-order valence-corrected chi connectivity index (χ0v) is 31.2. The molecule has 3 heterocycles. The maximum Gasteiger partial charge on any atom is 0.264 e. The van der Waals surface area contributed by atoms with Crippen molar-refractivity contribution in [1.29, 1.82) is 0 Å². The van der Waals surface area contributed by atoms with Gasteiger partial charge in [-0.2, -0.15) is 0 Å². The minimum atomic E-state index is -3.94. The Morgan fingerprint density at radius 3 is 2.71 bits per heavy atom. The van der Waals surface area contributed by atoms with E-state index < -0.39 is 21.2 Å². The number of carbonyl (C=O) groups excluding carboxylic acids is 1. The van der Waals surface area contributed by atoms with Gasteiger partial charge in [0.15, 0.2) is 0 Å². The van der Waals surface area contributed by atoms with Gasteiger partial charge in [-0.15, -0.1) is 0 Å². The number of nitrogens with one attached hydrogen (secondary N) is 1. The SMILES string of the molecule is C[C@@H]1[C@@H](C)C/C=C/CN(Cc2ccncc2)CCOC2CC[C@H]2CN2C[C@@]3(CCCc4cc(Cl)ccc43)COc3ccc(cc32)C(=O)NS1(=O)=O. The van der Waals surface area contributed by atoms with Gasteiger partial charge >= 0.3 is 0 Å². The molecule has 2 aromatic carbocycles. The first kappa shape index (κ1) is 35.9. The Kier molecular flexibility index (Phi) is 10.8. The van der Waals surface area contributed by atoms with Crippen LogP contribution < -0.4 is 14.4 Å². The monoisotopic (exact) mass is 732 g/mol. The van der Waals surface area contributed by atoms with Crippen molar-refractivity contribution in [2.24, 2.45) is 11.8 Å². The van der Waals surface area contributed by atoms with E-state index >= 15 is 0 Å². The number of hydrogen-bond donors (Lipinski definition) is 1. The fourth-order valence-electron chi connectivity index (χ4n) is 8.13. The van der Waals surface area contributed by atoms with Gasteiger partial charge in [0.05, 0.1) is 30.3 Å². The summed E-state index contributed by atoms with van der Waals surface area (Å²) in [7, 11) is -3.94. The summed E-state index contributed by atoms with van der Waals surface area (Å²) in [6, 6.07) is 15.6. The van der Waals surface area contributed by atoms with E-state index in [4.69, 9.17) is 21.1 Å². The highest BCUT2D eigenvalue weighted by Gasteiger charge is 2.44. The summed E-state index contributed by atoms with van der Waals surface area (Å²) in [6.07, 6.45) is 13.5. The smallest absolute Gasteiger partial charge is 0.264 e. The van der Waals surface area contributed by atoms with E-state index in [9.17, 15) is 13.2 Å². The number of aromatic nitrogens is 1. The van der Waals surface area contributed by atoms with Crippen molar-refractivity contribution in [2.75, 3.05) is 44.3 Å². The largest absolute Gasteiger partial charge is 0.490 e. The second kappa shape index (κ2) is 15.3. The third kappa shape index (κ3) is 7.99. The lowest BCUT2D eigenvalue weighted by Crippen LogP contribution is -2.50.